The first-order chi connectivity index (χ1) is 12.2. The largest absolute Gasteiger partial charge is 0.0654 e. The number of hydrogen-bond donors (Lipinski definition) is 0. The van der Waals surface area contributed by atoms with Crippen LogP contribution in [0.1, 0.15) is 136 Å². The lowest BCUT2D eigenvalue weighted by molar-refractivity contribution is -0.102. The van der Waals surface area contributed by atoms with E-state index in [-0.39, 0.29) is 0 Å². The van der Waals surface area contributed by atoms with E-state index < -0.39 is 0 Å². The summed E-state index contributed by atoms with van der Waals surface area (Å²) in [4.78, 5) is 0. The van der Waals surface area contributed by atoms with Crippen LogP contribution in [0.3, 0.4) is 0 Å². The Hall–Kier alpha value is 0. The SMILES string of the molecule is CCCCCCCCC1CCC2(CC1)CC1(CCC(CCC)CC1)C2. The van der Waals surface area contributed by atoms with Gasteiger partial charge in [0.25, 0.3) is 0 Å². The van der Waals surface area contributed by atoms with E-state index in [9.17, 15) is 0 Å². The van der Waals surface area contributed by atoms with Crippen molar-refractivity contribution in [3.63, 3.8) is 0 Å². The van der Waals surface area contributed by atoms with Crippen LogP contribution in [0, 0.1) is 22.7 Å². The molecule has 0 radical (unpaired) electrons. The molecular formula is C25H46. The van der Waals surface area contributed by atoms with Crippen LogP contribution in [-0.4, -0.2) is 0 Å². The highest BCUT2D eigenvalue weighted by atomic mass is 14.6. The van der Waals surface area contributed by atoms with Gasteiger partial charge in [0.05, 0.1) is 0 Å². The van der Waals surface area contributed by atoms with Crippen molar-refractivity contribution in [1.29, 1.82) is 0 Å². The molecule has 146 valence electrons. The van der Waals surface area contributed by atoms with E-state index in [1.807, 2.05) is 0 Å². The zero-order valence-corrected chi connectivity index (χ0v) is 17.6. The third kappa shape index (κ3) is 5.26. The number of unbranched alkanes of at least 4 members (excludes halogenated alkanes) is 5. The zero-order valence-electron chi connectivity index (χ0n) is 17.6. The van der Waals surface area contributed by atoms with Crippen LogP contribution in [-0.2, 0) is 0 Å². The van der Waals surface area contributed by atoms with Gasteiger partial charge in [-0.3, -0.25) is 0 Å². The third-order valence-corrected chi connectivity index (χ3v) is 8.49. The summed E-state index contributed by atoms with van der Waals surface area (Å²) in [5.41, 5.74) is 1.66. The van der Waals surface area contributed by atoms with E-state index in [4.69, 9.17) is 0 Å². The summed E-state index contributed by atoms with van der Waals surface area (Å²) in [5.74, 6) is 2.17. The lowest BCUT2D eigenvalue weighted by Gasteiger charge is -2.61. The van der Waals surface area contributed by atoms with Crippen molar-refractivity contribution in [1.82, 2.24) is 0 Å². The Kier molecular flexibility index (Phi) is 7.33. The van der Waals surface area contributed by atoms with Crippen LogP contribution in [0.4, 0.5) is 0 Å². The molecule has 0 aromatic carbocycles. The topological polar surface area (TPSA) is 0 Å². The standard InChI is InChI=1S/C25H46/c1-3-5-6-7-8-9-11-23-14-18-25(19-15-23)20-24(21-25)16-12-22(10-4-2)13-17-24/h22-23H,3-21H2,1-2H3. The molecule has 0 amide bonds. The van der Waals surface area contributed by atoms with E-state index in [0.717, 1.165) is 22.7 Å². The fraction of sp³-hybridized carbons (Fsp3) is 1.00. The average Bonchev–Trinajstić information content (AvgIpc) is 2.60. The van der Waals surface area contributed by atoms with Crippen molar-refractivity contribution in [2.45, 2.75) is 136 Å². The van der Waals surface area contributed by atoms with Crippen LogP contribution < -0.4 is 0 Å². The summed E-state index contributed by atoms with van der Waals surface area (Å²) in [7, 11) is 0. The van der Waals surface area contributed by atoms with Gasteiger partial charge in [-0.25, -0.2) is 0 Å². The van der Waals surface area contributed by atoms with Gasteiger partial charge in [0.15, 0.2) is 0 Å². The average molecular weight is 347 g/mol. The van der Waals surface area contributed by atoms with Crippen molar-refractivity contribution in [2.24, 2.45) is 22.7 Å². The van der Waals surface area contributed by atoms with Crippen LogP contribution >= 0.6 is 0 Å². The molecule has 0 nitrogen and oxygen atoms in total. The van der Waals surface area contributed by atoms with E-state index in [2.05, 4.69) is 13.8 Å². The van der Waals surface area contributed by atoms with Crippen LogP contribution in [0.15, 0.2) is 0 Å². The van der Waals surface area contributed by atoms with E-state index >= 15 is 0 Å². The van der Waals surface area contributed by atoms with Gasteiger partial charge >= 0.3 is 0 Å². The Bertz CT molecular complexity index is 355. The highest BCUT2D eigenvalue weighted by Crippen LogP contribution is 2.67. The normalized spacial score (nSPS) is 38.2. The van der Waals surface area contributed by atoms with E-state index in [1.54, 1.807) is 70.6 Å². The molecule has 0 N–H and O–H groups in total. The first kappa shape index (κ1) is 19.8. The molecule has 0 aromatic heterocycles. The molecule has 2 spiro atoms. The second-order valence-corrected chi connectivity index (χ2v) is 10.6. The molecule has 0 atom stereocenters. The quantitative estimate of drug-likeness (QED) is 0.366. The molecule has 0 saturated heterocycles. The molecule has 25 heavy (non-hydrogen) atoms. The van der Waals surface area contributed by atoms with Gasteiger partial charge in [0, 0.05) is 0 Å². The monoisotopic (exact) mass is 346 g/mol. The van der Waals surface area contributed by atoms with Crippen molar-refractivity contribution >= 4 is 0 Å². The molecule has 3 rings (SSSR count). The first-order valence-electron chi connectivity index (χ1n) is 12.2. The summed E-state index contributed by atoms with van der Waals surface area (Å²) in [6.45, 7) is 4.69. The Labute approximate surface area is 158 Å². The van der Waals surface area contributed by atoms with Crippen LogP contribution in [0.5, 0.6) is 0 Å². The summed E-state index contributed by atoms with van der Waals surface area (Å²) in [6.07, 6.45) is 29.1. The summed E-state index contributed by atoms with van der Waals surface area (Å²) in [6, 6.07) is 0. The predicted molar refractivity (Wildman–Crippen MR) is 111 cm³/mol. The lowest BCUT2D eigenvalue weighted by Crippen LogP contribution is -2.49. The minimum atomic E-state index is 0.829. The van der Waals surface area contributed by atoms with Gasteiger partial charge < -0.3 is 0 Å². The van der Waals surface area contributed by atoms with Crippen molar-refractivity contribution < 1.29 is 0 Å². The fourth-order valence-corrected chi connectivity index (χ4v) is 7.03. The van der Waals surface area contributed by atoms with Crippen LogP contribution in [0.2, 0.25) is 0 Å². The Balaban J connectivity index is 1.29. The molecule has 0 heteroatoms. The van der Waals surface area contributed by atoms with Crippen LogP contribution in [0.25, 0.3) is 0 Å². The van der Waals surface area contributed by atoms with Crippen molar-refractivity contribution in [2.75, 3.05) is 0 Å². The molecule has 3 aliphatic rings. The van der Waals surface area contributed by atoms with Gasteiger partial charge in [-0.15, -0.1) is 0 Å². The van der Waals surface area contributed by atoms with Crippen molar-refractivity contribution in [3.05, 3.63) is 0 Å². The maximum absolute atomic E-state index is 2.37. The molecule has 3 aliphatic carbocycles. The Morgan fingerprint density at radius 1 is 0.560 bits per heavy atom. The number of hydrogen-bond acceptors (Lipinski definition) is 0. The summed E-state index contributed by atoms with van der Waals surface area (Å²) < 4.78 is 0. The van der Waals surface area contributed by atoms with Gasteiger partial charge in [-0.05, 0) is 86.9 Å². The molecule has 0 aromatic rings. The second kappa shape index (κ2) is 9.27. The third-order valence-electron chi connectivity index (χ3n) is 8.49. The minimum absolute atomic E-state index is 0.829. The molecule has 3 saturated carbocycles. The molecule has 0 heterocycles. The highest BCUT2D eigenvalue weighted by Gasteiger charge is 2.55. The maximum atomic E-state index is 2.37. The van der Waals surface area contributed by atoms with Gasteiger partial charge in [-0.1, -0.05) is 71.6 Å². The fourth-order valence-electron chi connectivity index (χ4n) is 7.03. The summed E-state index contributed by atoms with van der Waals surface area (Å²) >= 11 is 0. The summed E-state index contributed by atoms with van der Waals surface area (Å²) in [5, 5.41) is 0. The Morgan fingerprint density at radius 3 is 1.56 bits per heavy atom. The van der Waals surface area contributed by atoms with Gasteiger partial charge in [-0.2, -0.15) is 0 Å². The minimum Gasteiger partial charge on any atom is -0.0654 e. The van der Waals surface area contributed by atoms with E-state index in [0.29, 0.717) is 0 Å². The first-order valence-corrected chi connectivity index (χ1v) is 12.2. The van der Waals surface area contributed by atoms with E-state index in [1.165, 1.54) is 51.4 Å². The smallest absolute Gasteiger partial charge is 0.0287 e. The zero-order chi connectivity index (χ0) is 17.6. The highest BCUT2D eigenvalue weighted by molar-refractivity contribution is 5.06. The molecule has 0 unspecified atom stereocenters. The molecule has 0 bridgehead atoms. The van der Waals surface area contributed by atoms with Crippen molar-refractivity contribution in [3.8, 4) is 0 Å². The lowest BCUT2D eigenvalue weighted by atomic mass is 9.44. The van der Waals surface area contributed by atoms with Gasteiger partial charge in [0.1, 0.15) is 0 Å². The molecular weight excluding hydrogens is 300 g/mol. The Morgan fingerprint density at radius 2 is 1.04 bits per heavy atom. The predicted octanol–water partition coefficient (Wildman–Crippen LogP) is 8.68. The maximum Gasteiger partial charge on any atom is -0.0287 e. The van der Waals surface area contributed by atoms with Gasteiger partial charge in [0.2, 0.25) is 0 Å². The number of rotatable bonds is 9. The molecule has 3 fully saturated rings. The second-order valence-electron chi connectivity index (χ2n) is 10.6. The molecule has 0 aliphatic heterocycles.